The molecule has 0 unspecified atom stereocenters. The average Bonchev–Trinajstić information content (AvgIpc) is 2.63. The Bertz CT molecular complexity index is 390. The quantitative estimate of drug-likeness (QED) is 0.255. The van der Waals surface area contributed by atoms with E-state index in [2.05, 4.69) is 0 Å². The van der Waals surface area contributed by atoms with Gasteiger partial charge in [-0.1, -0.05) is 0 Å². The molecule has 0 bridgehead atoms. The molecule has 13 heteroatoms. The van der Waals surface area contributed by atoms with Gasteiger partial charge in [-0.05, 0) is 0 Å². The van der Waals surface area contributed by atoms with Crippen LogP contribution in [0.2, 0.25) is 0 Å². The zero-order chi connectivity index (χ0) is 17.0. The Labute approximate surface area is 181 Å². The predicted molar refractivity (Wildman–Crippen MR) is 103 cm³/mol. The van der Waals surface area contributed by atoms with Gasteiger partial charge in [0.25, 0.3) is 11.8 Å². The summed E-state index contributed by atoms with van der Waals surface area (Å²) in [5, 5.41) is 0. The van der Waals surface area contributed by atoms with Crippen molar-refractivity contribution in [2.45, 2.75) is 11.8 Å². The van der Waals surface area contributed by atoms with Gasteiger partial charge in [-0.15, -0.1) is 47.0 Å². The third-order valence-corrected chi connectivity index (χ3v) is 9.39. The molecule has 0 atom stereocenters. The molecule has 0 saturated carbocycles. The van der Waals surface area contributed by atoms with Crippen molar-refractivity contribution in [3.63, 3.8) is 0 Å². The smallest absolute Gasteiger partial charge is 0.266 e. The maximum atomic E-state index is 12.7. The molecule has 2 aliphatic heterocycles. The number of rotatable bonds is 0. The van der Waals surface area contributed by atoms with Crippen LogP contribution in [0.1, 0.15) is 0 Å². The van der Waals surface area contributed by atoms with Gasteiger partial charge in [0, 0.05) is 16.5 Å². The number of hydrogen-bond donors (Lipinski definition) is 0. The summed E-state index contributed by atoms with van der Waals surface area (Å²) in [4.78, 5) is 0. The molecule has 0 spiro atoms. The first-order valence-corrected chi connectivity index (χ1v) is 11.0. The van der Waals surface area contributed by atoms with Crippen molar-refractivity contribution in [1.82, 2.24) is 0 Å². The van der Waals surface area contributed by atoms with Gasteiger partial charge in [-0.25, -0.2) is 17.6 Å². The second-order valence-corrected chi connectivity index (χ2v) is 10.6. The molecule has 0 fully saturated rings. The maximum Gasteiger partial charge on any atom is 0.266 e. The van der Waals surface area contributed by atoms with Gasteiger partial charge >= 0.3 is 0 Å². The fourth-order valence-corrected chi connectivity index (χ4v) is 5.63. The summed E-state index contributed by atoms with van der Waals surface area (Å²) >= 11 is 23.0. The van der Waals surface area contributed by atoms with Crippen LogP contribution in [-0.2, 0) is 67.0 Å². The van der Waals surface area contributed by atoms with Crippen LogP contribution in [0.5, 0.6) is 0 Å². The normalized spacial score (nSPS) is 23.8. The van der Waals surface area contributed by atoms with E-state index in [1.807, 2.05) is 0 Å². The van der Waals surface area contributed by atoms with Crippen molar-refractivity contribution in [2.24, 2.45) is 0 Å². The molecule has 0 nitrogen and oxygen atoms in total. The number of thioether (sulfide) groups is 4. The summed E-state index contributed by atoms with van der Waals surface area (Å²) in [5.41, 5.74) is 0. The first kappa shape index (κ1) is 25.0. The third-order valence-electron chi connectivity index (χ3n) is 1.99. The maximum absolute atomic E-state index is 12.7. The molecule has 0 aliphatic carbocycles. The van der Waals surface area contributed by atoms with E-state index in [1.165, 1.54) is 0 Å². The molecule has 23 heavy (non-hydrogen) atoms. The Morgan fingerprint density at radius 3 is 0.913 bits per heavy atom. The largest absolute Gasteiger partial charge is 0.774 e. The summed E-state index contributed by atoms with van der Waals surface area (Å²) in [5.74, 6) is -6.20. The third kappa shape index (κ3) is 10.0. The molecule has 0 aromatic carbocycles. The molecule has 2 heterocycles. The van der Waals surface area contributed by atoms with Gasteiger partial charge < -0.3 is 50.5 Å². The van der Waals surface area contributed by atoms with Gasteiger partial charge in [0.15, 0.2) is 0 Å². The van der Waals surface area contributed by atoms with Gasteiger partial charge in [-0.3, -0.25) is 0 Å². The van der Waals surface area contributed by atoms with Gasteiger partial charge in [0.05, 0.1) is 23.0 Å². The van der Waals surface area contributed by atoms with Crippen molar-refractivity contribution < 1.29 is 34.1 Å². The summed E-state index contributed by atoms with van der Waals surface area (Å²) in [6.07, 6.45) is 0. The molecular weight excluding hydrogens is 511 g/mol. The van der Waals surface area contributed by atoms with Crippen LogP contribution in [0.25, 0.3) is 0 Å². The minimum Gasteiger partial charge on any atom is -0.774 e. The molecule has 0 N–H and O–H groups in total. The van der Waals surface area contributed by atoms with Crippen LogP contribution in [0.15, 0.2) is 16.9 Å². The first-order valence-electron chi connectivity index (χ1n) is 5.46. The van der Waals surface area contributed by atoms with Gasteiger partial charge in [-0.2, -0.15) is 16.9 Å². The second-order valence-electron chi connectivity index (χ2n) is 4.02. The van der Waals surface area contributed by atoms with Crippen molar-refractivity contribution in [1.29, 1.82) is 0 Å². The molecular formula is C10H8F4NiS8-4. The van der Waals surface area contributed by atoms with E-state index in [9.17, 15) is 17.6 Å². The summed E-state index contributed by atoms with van der Waals surface area (Å²) in [6, 6.07) is 0. The van der Waals surface area contributed by atoms with Crippen LogP contribution in [0.3, 0.4) is 0 Å². The van der Waals surface area contributed by atoms with Gasteiger partial charge in [0.1, 0.15) is 0 Å². The van der Waals surface area contributed by atoms with E-state index < -0.39 is 11.8 Å². The molecule has 2 aliphatic rings. The van der Waals surface area contributed by atoms with Crippen LogP contribution < -0.4 is 0 Å². The van der Waals surface area contributed by atoms with Crippen molar-refractivity contribution in [3.05, 3.63) is 16.9 Å². The van der Waals surface area contributed by atoms with E-state index in [1.54, 1.807) is 0 Å². The van der Waals surface area contributed by atoms with E-state index in [0.29, 0.717) is 16.9 Å². The molecule has 0 aromatic rings. The van der Waals surface area contributed by atoms with Crippen LogP contribution in [-0.4, -0.2) is 34.9 Å². The van der Waals surface area contributed by atoms with Crippen LogP contribution in [0, 0.1) is 0 Å². The topological polar surface area (TPSA) is 0 Å². The van der Waals surface area contributed by atoms with Gasteiger partial charge in [0.2, 0.25) is 0 Å². The monoisotopic (exact) mass is 518 g/mol. The minimum absolute atomic E-state index is 0. The fraction of sp³-hybridized carbons (Fsp3) is 0.600. The number of alkyl halides is 4. The Morgan fingerprint density at radius 2 is 0.739 bits per heavy atom. The van der Waals surface area contributed by atoms with E-state index >= 15 is 0 Å². The molecule has 0 amide bonds. The molecule has 0 radical (unpaired) electrons. The Hall–Kier alpha value is 1.97. The molecule has 0 saturated heterocycles. The fourth-order valence-electron chi connectivity index (χ4n) is 1.00. The molecule has 0 aromatic heterocycles. The van der Waals surface area contributed by atoms with Crippen molar-refractivity contribution in [3.8, 4) is 0 Å². The summed E-state index contributed by atoms with van der Waals surface area (Å²) in [7, 11) is 0. The van der Waals surface area contributed by atoms with E-state index in [-0.39, 0.29) is 39.5 Å². The molecule has 2 rings (SSSR count). The number of halogens is 4. The SMILES string of the molecule is FC1(F)CSC([S-])=C([S-])SC1.FC1(F)CSC([S-])=C([S-])SC1.[Ni]. The van der Waals surface area contributed by atoms with Crippen molar-refractivity contribution in [2.75, 3.05) is 23.0 Å². The van der Waals surface area contributed by atoms with Crippen LogP contribution >= 0.6 is 47.0 Å². The number of hydrogen-bond acceptors (Lipinski definition) is 8. The van der Waals surface area contributed by atoms with Crippen LogP contribution in [0.4, 0.5) is 17.6 Å². The van der Waals surface area contributed by atoms with Crippen molar-refractivity contribution >= 4 is 97.6 Å². The average molecular weight is 519 g/mol. The summed E-state index contributed by atoms with van der Waals surface area (Å²) in [6.45, 7) is 0. The summed E-state index contributed by atoms with van der Waals surface area (Å²) < 4.78 is 52.3. The Kier molecular flexibility index (Phi) is 11.9. The minimum atomic E-state index is -2.63. The zero-order valence-electron chi connectivity index (χ0n) is 10.9. The Morgan fingerprint density at radius 1 is 0.565 bits per heavy atom. The van der Waals surface area contributed by atoms with E-state index in [4.69, 9.17) is 50.5 Å². The Balaban J connectivity index is 0.000000403. The predicted octanol–water partition coefficient (Wildman–Crippen LogP) is 4.64. The standard InChI is InChI=1S/2C5H6F2S4.Ni/c2*6-5(7)1-10-3(8)4(9)11-2-5;/h2*8-9H,1-2H2;/p-4. The first-order chi connectivity index (χ1) is 10.0. The second kappa shape index (κ2) is 11.0. The van der Waals surface area contributed by atoms with E-state index in [0.717, 1.165) is 47.0 Å². The molecule has 138 valence electrons. The zero-order valence-corrected chi connectivity index (χ0v) is 18.4.